The highest BCUT2D eigenvalue weighted by molar-refractivity contribution is 7.19. The molecule has 15 rings (SSSR count). The van der Waals surface area contributed by atoms with Crippen LogP contribution in [0.4, 0.5) is 0 Å². The summed E-state index contributed by atoms with van der Waals surface area (Å²) in [5.41, 5.74) is 10.6. The molecule has 0 aliphatic heterocycles. The first-order valence-corrected chi connectivity index (χ1v) is 43.5. The van der Waals surface area contributed by atoms with E-state index in [2.05, 4.69) is 214 Å². The van der Waals surface area contributed by atoms with E-state index >= 15 is 0 Å². The molecule has 0 unspecified atom stereocenters. The predicted octanol–water partition coefficient (Wildman–Crippen LogP) is 30.2. The normalized spacial score (nSPS) is 9.96. The van der Waals surface area contributed by atoms with E-state index < -0.39 is 0 Å². The molecule has 0 saturated heterocycles. The highest BCUT2D eigenvalue weighted by atomic mass is 32.1. The number of imidazole rings is 1. The summed E-state index contributed by atoms with van der Waals surface area (Å²) in [4.78, 5) is 44.3. The highest BCUT2D eigenvalue weighted by Gasteiger charge is 2.12. The van der Waals surface area contributed by atoms with Crippen LogP contribution in [0.25, 0.3) is 63.3 Å². The largest absolute Gasteiger partial charge is 0.440 e. The molecule has 3 aromatic carbocycles. The van der Waals surface area contributed by atoms with Crippen molar-refractivity contribution >= 4 is 120 Å². The zero-order valence-corrected chi connectivity index (χ0v) is 75.7. The maximum atomic E-state index is 5.52. The number of fused-ring (bicyclic) bond motifs is 7. The molecule has 0 aliphatic carbocycles. The summed E-state index contributed by atoms with van der Waals surface area (Å²) in [6.07, 6.45) is 14.8. The van der Waals surface area contributed by atoms with Crippen molar-refractivity contribution in [2.24, 2.45) is 0 Å². The standard InChI is InChI=1S/C10H12N2.C10H11NO.2C10H11NS.C9H11N3.2C9H10N2S.C6H9NS.8C2H6/c1-8(2)10-7-9-5-3-4-6-12(9)11-10;3*1-7(2)10-11-8-5-3-4-6-9(8)12-10;1-7(2)8-5-12-6-10-4-3-9(12)11-8;1-6(2)9-11-7-3-4-10-5-8(7)12-9;1-6(2)8-11-7-4-3-5-10-9(7)12-8;1-5(2)6-7-3-4-8-6;8*1-2/h3-8H,1-2H3;4*3-7H,1-2H3;2*3-6H,1-2H3;3-5H,1-2H3;8*1-2H3. The van der Waals surface area contributed by atoms with Crippen molar-refractivity contribution < 1.29 is 4.42 Å². The van der Waals surface area contributed by atoms with Crippen LogP contribution in [0.1, 0.15) is 311 Å². The Balaban J connectivity index is 0.00000118. The van der Waals surface area contributed by atoms with Gasteiger partial charge in [0, 0.05) is 84.3 Å². The summed E-state index contributed by atoms with van der Waals surface area (Å²) in [7, 11) is 0. The first-order valence-electron chi connectivity index (χ1n) is 39.3. The van der Waals surface area contributed by atoms with Crippen LogP contribution in [0.15, 0.2) is 181 Å². The first-order chi connectivity index (χ1) is 52.2. The lowest BCUT2D eigenvalue weighted by molar-refractivity contribution is 0.501. The van der Waals surface area contributed by atoms with Crippen molar-refractivity contribution in [3.8, 4) is 0 Å². The average Bonchev–Trinajstić information content (AvgIpc) is 1.75. The minimum atomic E-state index is 0.359. The molecule has 0 saturated carbocycles. The molecule has 14 nitrogen and oxygen atoms in total. The molecule has 590 valence electrons. The Morgan fingerprint density at radius 3 is 1.24 bits per heavy atom. The number of benzene rings is 3. The molecule has 12 aromatic heterocycles. The van der Waals surface area contributed by atoms with Gasteiger partial charge in [-0.2, -0.15) is 5.10 Å². The lowest BCUT2D eigenvalue weighted by Gasteiger charge is -1.94. The topological polar surface area (TPSA) is 164 Å². The van der Waals surface area contributed by atoms with Crippen LogP contribution in [0, 0.1) is 0 Å². The number of oxazole rings is 1. The maximum Gasteiger partial charge on any atom is 0.198 e. The summed E-state index contributed by atoms with van der Waals surface area (Å²) in [5, 5.41) is 12.5. The number of pyridine rings is 3. The van der Waals surface area contributed by atoms with Gasteiger partial charge >= 0.3 is 0 Å². The van der Waals surface area contributed by atoms with E-state index in [0.29, 0.717) is 47.3 Å². The Labute approximate surface area is 671 Å². The van der Waals surface area contributed by atoms with E-state index in [-0.39, 0.29) is 0 Å². The Morgan fingerprint density at radius 2 is 0.806 bits per heavy atom. The van der Waals surface area contributed by atoms with Gasteiger partial charge in [0.1, 0.15) is 27.8 Å². The van der Waals surface area contributed by atoms with Gasteiger partial charge in [-0.1, -0.05) is 275 Å². The van der Waals surface area contributed by atoms with Crippen molar-refractivity contribution in [2.75, 3.05) is 0 Å². The number of hydrogen-bond donors (Lipinski definition) is 0. The van der Waals surface area contributed by atoms with E-state index in [1.54, 1.807) is 75.4 Å². The van der Waals surface area contributed by atoms with Crippen molar-refractivity contribution in [2.45, 2.75) is 269 Å². The quantitative estimate of drug-likeness (QED) is 0.142. The Bertz CT molecular complexity index is 3620. The Kier molecular flexibility index (Phi) is 53.6. The van der Waals surface area contributed by atoms with Crippen LogP contribution >= 0.6 is 56.7 Å². The van der Waals surface area contributed by atoms with Crippen LogP contribution < -0.4 is 0 Å². The minimum absolute atomic E-state index is 0.359. The molecule has 0 spiro atoms. The van der Waals surface area contributed by atoms with Gasteiger partial charge in [0.2, 0.25) is 0 Å². The first kappa shape index (κ1) is 99.9. The van der Waals surface area contributed by atoms with Crippen LogP contribution in [0.3, 0.4) is 0 Å². The van der Waals surface area contributed by atoms with Gasteiger partial charge in [-0.3, -0.25) is 9.38 Å². The molecule has 0 amide bonds. The number of aromatic nitrogens is 13. The summed E-state index contributed by atoms with van der Waals surface area (Å²) in [6, 6.07) is 40.4. The highest BCUT2D eigenvalue weighted by Crippen LogP contribution is 2.30. The van der Waals surface area contributed by atoms with Gasteiger partial charge in [-0.05, 0) is 90.7 Å². The Morgan fingerprint density at radius 1 is 0.352 bits per heavy atom. The molecular weight excluding hydrogens is 1430 g/mol. The zero-order valence-electron chi connectivity index (χ0n) is 71.6. The van der Waals surface area contributed by atoms with Gasteiger partial charge < -0.3 is 4.42 Å². The van der Waals surface area contributed by atoms with E-state index in [0.717, 1.165) is 60.9 Å². The number of hydrogen-bond acceptors (Lipinski definition) is 17. The average molecular weight is 1560 g/mol. The summed E-state index contributed by atoms with van der Waals surface area (Å²) in [5.74, 6) is 4.86. The molecule has 12 heterocycles. The van der Waals surface area contributed by atoms with Crippen molar-refractivity contribution in [1.82, 2.24) is 63.9 Å². The summed E-state index contributed by atoms with van der Waals surface area (Å²) < 4.78 is 13.1. The van der Waals surface area contributed by atoms with Crippen LogP contribution in [-0.4, -0.2) is 63.9 Å². The van der Waals surface area contributed by atoms with E-state index in [4.69, 9.17) is 4.42 Å². The van der Waals surface area contributed by atoms with Crippen LogP contribution in [-0.2, 0) is 0 Å². The third-order valence-electron chi connectivity index (χ3n) is 13.6. The molecule has 0 fully saturated rings. The fourth-order valence-electron chi connectivity index (χ4n) is 8.39. The number of thiazole rings is 5. The van der Waals surface area contributed by atoms with E-state index in [9.17, 15) is 0 Å². The molecule has 0 radical (unpaired) electrons. The summed E-state index contributed by atoms with van der Waals surface area (Å²) in [6.45, 7) is 66.4. The lowest BCUT2D eigenvalue weighted by atomic mass is 10.1. The van der Waals surface area contributed by atoms with Crippen molar-refractivity contribution in [3.05, 3.63) is 219 Å². The number of para-hydroxylation sites is 4. The van der Waals surface area contributed by atoms with E-state index in [1.807, 2.05) is 229 Å². The molecule has 108 heavy (non-hydrogen) atoms. The summed E-state index contributed by atoms with van der Waals surface area (Å²) >= 11 is 8.72. The second kappa shape index (κ2) is 58.0. The van der Waals surface area contributed by atoms with Crippen LogP contribution in [0.5, 0.6) is 0 Å². The molecule has 19 heteroatoms. The molecule has 0 aliphatic rings. The third-order valence-corrected chi connectivity index (χ3v) is 19.9. The fraction of sp³-hybridized carbons (Fsp3) is 0.449. The molecule has 15 aromatic rings. The molecule has 0 N–H and O–H groups in total. The molecule has 0 bridgehead atoms. The smallest absolute Gasteiger partial charge is 0.198 e. The fourth-order valence-corrected chi connectivity index (χ4v) is 12.8. The van der Waals surface area contributed by atoms with Crippen molar-refractivity contribution in [3.63, 3.8) is 0 Å². The minimum Gasteiger partial charge on any atom is -0.440 e. The monoisotopic (exact) mass is 1560 g/mol. The van der Waals surface area contributed by atoms with Crippen molar-refractivity contribution in [1.29, 1.82) is 0 Å². The van der Waals surface area contributed by atoms with Crippen LogP contribution in [0.2, 0.25) is 0 Å². The maximum absolute atomic E-state index is 5.52. The second-order valence-corrected chi connectivity index (χ2v) is 29.2. The van der Waals surface area contributed by atoms with Gasteiger partial charge in [-0.25, -0.2) is 49.4 Å². The zero-order chi connectivity index (χ0) is 81.8. The second-order valence-electron chi connectivity index (χ2n) is 24.1. The van der Waals surface area contributed by atoms with Gasteiger partial charge in [0.15, 0.2) is 11.5 Å². The number of rotatable bonds is 8. The van der Waals surface area contributed by atoms with Gasteiger partial charge in [-0.15, -0.1) is 45.3 Å². The van der Waals surface area contributed by atoms with E-state index in [1.165, 1.54) is 44.7 Å². The number of nitrogens with zero attached hydrogens (tertiary/aromatic N) is 13. The predicted molar refractivity (Wildman–Crippen MR) is 482 cm³/mol. The third kappa shape index (κ3) is 34.2. The Hall–Kier alpha value is -8.07. The molecular formula is C89H133N13OS5. The van der Waals surface area contributed by atoms with Gasteiger partial charge in [0.25, 0.3) is 0 Å². The SMILES string of the molecule is CC.CC.CC.CC.CC.CC.CC.CC.CC(C)c1cc2ccccn2n1.CC(C)c1cn2cnccc2n1.CC(C)c1nc2ccccc2o1.CC(C)c1nc2ccccc2s1.CC(C)c1nc2ccccc2s1.CC(C)c1nc2cccnc2s1.CC(C)c1nc2ccncc2s1.CC(C)c1nccs1. The lowest BCUT2D eigenvalue weighted by Crippen LogP contribution is -1.89. The molecule has 0 atom stereocenters. The van der Waals surface area contributed by atoms with Gasteiger partial charge in [0.05, 0.1) is 72.6 Å².